The fourth-order valence-corrected chi connectivity index (χ4v) is 1.20. The quantitative estimate of drug-likeness (QED) is 0.610. The monoisotopic (exact) mass is 167 g/mol. The molecule has 0 saturated heterocycles. The van der Waals surface area contributed by atoms with Crippen molar-refractivity contribution in [1.82, 2.24) is 0 Å². The molecule has 1 aromatic rings. The lowest BCUT2D eigenvalue weighted by Crippen LogP contribution is -2.07. The zero-order valence-corrected chi connectivity index (χ0v) is 8.20. The molecule has 0 spiro atoms. The third-order valence-corrected chi connectivity index (χ3v) is 2.16. The second-order valence-electron chi connectivity index (χ2n) is 2.76. The molecule has 0 aliphatic heterocycles. The number of nitrogens with zero attached hydrogens (tertiary/aromatic N) is 1. The molecular formula is C9H14NP. The van der Waals surface area contributed by atoms with E-state index in [1.165, 1.54) is 11.3 Å². The standard InChI is InChI=1S/C9H14NP/c1-10(2)9-5-3-8(7-11)4-6-9/h3-6H,7,11H2,1-2H3. The lowest BCUT2D eigenvalue weighted by atomic mass is 10.2. The highest BCUT2D eigenvalue weighted by Gasteiger charge is 1.92. The minimum Gasteiger partial charge on any atom is -0.378 e. The zero-order valence-electron chi connectivity index (χ0n) is 7.04. The first kappa shape index (κ1) is 8.55. The zero-order chi connectivity index (χ0) is 8.27. The number of hydrogen-bond acceptors (Lipinski definition) is 1. The van der Waals surface area contributed by atoms with Crippen LogP contribution < -0.4 is 4.90 Å². The summed E-state index contributed by atoms with van der Waals surface area (Å²) in [6, 6.07) is 8.59. The van der Waals surface area contributed by atoms with Crippen LogP contribution in [-0.2, 0) is 6.16 Å². The Bertz CT molecular complexity index is 216. The van der Waals surface area contributed by atoms with Gasteiger partial charge in [-0.3, -0.25) is 0 Å². The number of anilines is 1. The Labute approximate surface area is 70.6 Å². The van der Waals surface area contributed by atoms with Crippen LogP contribution >= 0.6 is 9.24 Å². The molecule has 0 N–H and O–H groups in total. The van der Waals surface area contributed by atoms with E-state index < -0.39 is 0 Å². The van der Waals surface area contributed by atoms with Crippen LogP contribution in [0.25, 0.3) is 0 Å². The minimum absolute atomic E-state index is 1.04. The average molecular weight is 167 g/mol. The van der Waals surface area contributed by atoms with Gasteiger partial charge in [0.05, 0.1) is 0 Å². The van der Waals surface area contributed by atoms with Gasteiger partial charge in [-0.05, 0) is 23.9 Å². The highest BCUT2D eigenvalue weighted by molar-refractivity contribution is 7.15. The van der Waals surface area contributed by atoms with E-state index in [1.807, 2.05) is 0 Å². The summed E-state index contributed by atoms with van der Waals surface area (Å²) in [7, 11) is 6.82. The summed E-state index contributed by atoms with van der Waals surface area (Å²) in [6.07, 6.45) is 1.04. The lowest BCUT2D eigenvalue weighted by molar-refractivity contribution is 1.13. The van der Waals surface area contributed by atoms with Gasteiger partial charge in [0, 0.05) is 19.8 Å². The molecule has 0 fully saturated rings. The topological polar surface area (TPSA) is 3.24 Å². The predicted octanol–water partition coefficient (Wildman–Crippen LogP) is 2.13. The molecule has 0 radical (unpaired) electrons. The third-order valence-electron chi connectivity index (χ3n) is 1.69. The van der Waals surface area contributed by atoms with Crippen molar-refractivity contribution in [3.8, 4) is 0 Å². The van der Waals surface area contributed by atoms with Gasteiger partial charge in [0.15, 0.2) is 0 Å². The van der Waals surface area contributed by atoms with Crippen molar-refractivity contribution >= 4 is 14.9 Å². The number of benzene rings is 1. The van der Waals surface area contributed by atoms with E-state index in [0.29, 0.717) is 0 Å². The minimum atomic E-state index is 1.04. The molecule has 60 valence electrons. The molecule has 1 atom stereocenters. The van der Waals surface area contributed by atoms with Crippen molar-refractivity contribution in [3.05, 3.63) is 29.8 Å². The number of hydrogen-bond donors (Lipinski definition) is 0. The first-order chi connectivity index (χ1) is 5.24. The van der Waals surface area contributed by atoms with Crippen molar-refractivity contribution in [2.75, 3.05) is 19.0 Å². The van der Waals surface area contributed by atoms with Crippen molar-refractivity contribution in [2.24, 2.45) is 0 Å². The Balaban J connectivity index is 2.83. The molecule has 1 rings (SSSR count). The maximum atomic E-state index is 2.72. The SMILES string of the molecule is CN(C)c1ccc(CP)cc1. The lowest BCUT2D eigenvalue weighted by Gasteiger charge is -2.11. The summed E-state index contributed by atoms with van der Waals surface area (Å²) >= 11 is 0. The molecule has 0 aromatic heterocycles. The Morgan fingerprint density at radius 2 is 1.73 bits per heavy atom. The molecule has 1 unspecified atom stereocenters. The van der Waals surface area contributed by atoms with E-state index in [9.17, 15) is 0 Å². The van der Waals surface area contributed by atoms with Crippen molar-refractivity contribution < 1.29 is 0 Å². The molecule has 2 heteroatoms. The molecule has 0 aliphatic rings. The molecule has 0 heterocycles. The first-order valence-electron chi connectivity index (χ1n) is 3.70. The Morgan fingerprint density at radius 1 is 1.18 bits per heavy atom. The Kier molecular flexibility index (Phi) is 2.90. The van der Waals surface area contributed by atoms with Crippen molar-refractivity contribution in [3.63, 3.8) is 0 Å². The van der Waals surface area contributed by atoms with E-state index in [4.69, 9.17) is 0 Å². The van der Waals surface area contributed by atoms with Gasteiger partial charge < -0.3 is 4.90 Å². The number of rotatable bonds is 2. The van der Waals surface area contributed by atoms with Gasteiger partial charge in [-0.15, -0.1) is 9.24 Å². The van der Waals surface area contributed by atoms with Gasteiger partial charge in [-0.2, -0.15) is 0 Å². The maximum absolute atomic E-state index is 2.72. The summed E-state index contributed by atoms with van der Waals surface area (Å²) in [5.74, 6) is 0. The van der Waals surface area contributed by atoms with E-state index in [0.717, 1.165) is 6.16 Å². The van der Waals surface area contributed by atoms with Crippen LogP contribution in [0.15, 0.2) is 24.3 Å². The van der Waals surface area contributed by atoms with Crippen LogP contribution in [0, 0.1) is 0 Å². The van der Waals surface area contributed by atoms with Crippen LogP contribution in [0.2, 0.25) is 0 Å². The van der Waals surface area contributed by atoms with Gasteiger partial charge in [0.2, 0.25) is 0 Å². The summed E-state index contributed by atoms with van der Waals surface area (Å²) in [5.41, 5.74) is 2.62. The molecule has 0 amide bonds. The van der Waals surface area contributed by atoms with E-state index in [2.05, 4.69) is 52.5 Å². The molecule has 0 saturated carbocycles. The van der Waals surface area contributed by atoms with Gasteiger partial charge in [-0.25, -0.2) is 0 Å². The van der Waals surface area contributed by atoms with Gasteiger partial charge in [-0.1, -0.05) is 12.1 Å². The fourth-order valence-electron chi connectivity index (χ4n) is 0.930. The third kappa shape index (κ3) is 2.20. The van der Waals surface area contributed by atoms with Gasteiger partial charge in [0.25, 0.3) is 0 Å². The van der Waals surface area contributed by atoms with Crippen molar-refractivity contribution in [1.29, 1.82) is 0 Å². The summed E-state index contributed by atoms with van der Waals surface area (Å²) in [4.78, 5) is 2.10. The first-order valence-corrected chi connectivity index (χ1v) is 4.52. The Morgan fingerprint density at radius 3 is 2.09 bits per heavy atom. The summed E-state index contributed by atoms with van der Waals surface area (Å²) in [5, 5.41) is 0. The van der Waals surface area contributed by atoms with Crippen molar-refractivity contribution in [2.45, 2.75) is 6.16 Å². The van der Waals surface area contributed by atoms with Gasteiger partial charge >= 0.3 is 0 Å². The Hall–Kier alpha value is -0.550. The second kappa shape index (κ2) is 3.73. The summed E-state index contributed by atoms with van der Waals surface area (Å²) < 4.78 is 0. The fraction of sp³-hybridized carbons (Fsp3) is 0.333. The predicted molar refractivity (Wildman–Crippen MR) is 54.2 cm³/mol. The van der Waals surface area contributed by atoms with Crippen LogP contribution in [0.3, 0.4) is 0 Å². The second-order valence-corrected chi connectivity index (χ2v) is 3.17. The van der Waals surface area contributed by atoms with E-state index in [-0.39, 0.29) is 0 Å². The smallest absolute Gasteiger partial charge is 0.0361 e. The molecular weight excluding hydrogens is 153 g/mol. The molecule has 0 aliphatic carbocycles. The van der Waals surface area contributed by atoms with Crippen LogP contribution in [0.5, 0.6) is 0 Å². The van der Waals surface area contributed by atoms with E-state index in [1.54, 1.807) is 0 Å². The molecule has 1 nitrogen and oxygen atoms in total. The van der Waals surface area contributed by atoms with E-state index >= 15 is 0 Å². The molecule has 0 bridgehead atoms. The normalized spacial score (nSPS) is 9.73. The highest BCUT2D eigenvalue weighted by atomic mass is 31.0. The maximum Gasteiger partial charge on any atom is 0.0361 e. The molecule has 1 aromatic carbocycles. The average Bonchev–Trinajstić information content (AvgIpc) is 2.05. The largest absolute Gasteiger partial charge is 0.378 e. The van der Waals surface area contributed by atoms with Crippen LogP contribution in [0.1, 0.15) is 5.56 Å². The molecule has 11 heavy (non-hydrogen) atoms. The van der Waals surface area contributed by atoms with Gasteiger partial charge in [0.1, 0.15) is 0 Å². The van der Waals surface area contributed by atoms with Crippen LogP contribution in [-0.4, -0.2) is 14.1 Å². The van der Waals surface area contributed by atoms with Crippen LogP contribution in [0.4, 0.5) is 5.69 Å². The highest BCUT2D eigenvalue weighted by Crippen LogP contribution is 2.13. The summed E-state index contributed by atoms with van der Waals surface area (Å²) in [6.45, 7) is 0.